The summed E-state index contributed by atoms with van der Waals surface area (Å²) in [4.78, 5) is 13.4. The minimum absolute atomic E-state index is 0.150. The van der Waals surface area contributed by atoms with Gasteiger partial charge in [0.15, 0.2) is 5.78 Å². The molecule has 0 aliphatic heterocycles. The minimum atomic E-state index is -1.61. The van der Waals surface area contributed by atoms with Crippen molar-refractivity contribution in [2.24, 2.45) is 0 Å². The molecule has 1 aromatic rings. The number of carbonyl (C=O) groups is 1. The van der Waals surface area contributed by atoms with Crippen molar-refractivity contribution in [2.45, 2.75) is 6.92 Å². The molecule has 0 spiro atoms. The molecular formula is C6H8BNO3. The topological polar surface area (TPSA) is 73.3 Å². The number of rotatable bonds is 2. The van der Waals surface area contributed by atoms with Crippen molar-refractivity contribution in [1.29, 1.82) is 0 Å². The molecule has 0 unspecified atom stereocenters. The van der Waals surface area contributed by atoms with Crippen molar-refractivity contribution in [2.75, 3.05) is 0 Å². The van der Waals surface area contributed by atoms with E-state index in [4.69, 9.17) is 10.0 Å². The summed E-state index contributed by atoms with van der Waals surface area (Å²) in [6, 6.07) is 1.51. The number of H-pyrrole nitrogens is 1. The molecule has 58 valence electrons. The molecule has 1 heterocycles. The van der Waals surface area contributed by atoms with Crippen LogP contribution in [0, 0.1) is 0 Å². The van der Waals surface area contributed by atoms with Crippen LogP contribution in [0.3, 0.4) is 0 Å². The Morgan fingerprint density at radius 3 is 2.64 bits per heavy atom. The molecule has 4 nitrogen and oxygen atoms in total. The number of ketones is 1. The van der Waals surface area contributed by atoms with Gasteiger partial charge in [-0.05, 0) is 13.0 Å². The molecule has 0 aliphatic rings. The molecule has 0 atom stereocenters. The maximum atomic E-state index is 10.8. The molecule has 1 rings (SSSR count). The van der Waals surface area contributed by atoms with Gasteiger partial charge in [-0.3, -0.25) is 4.79 Å². The first-order valence-corrected chi connectivity index (χ1v) is 3.17. The molecule has 0 radical (unpaired) electrons. The number of aromatic nitrogens is 1. The van der Waals surface area contributed by atoms with Crippen LogP contribution in [0.5, 0.6) is 0 Å². The first-order valence-electron chi connectivity index (χ1n) is 3.17. The van der Waals surface area contributed by atoms with E-state index in [-0.39, 0.29) is 11.4 Å². The van der Waals surface area contributed by atoms with Gasteiger partial charge in [-0.2, -0.15) is 0 Å². The summed E-state index contributed by atoms with van der Waals surface area (Å²) in [6.07, 6.45) is 1.49. The predicted octanol–water partition coefficient (Wildman–Crippen LogP) is -1.10. The van der Waals surface area contributed by atoms with Crippen LogP contribution in [0.2, 0.25) is 0 Å². The Morgan fingerprint density at radius 2 is 2.27 bits per heavy atom. The second-order valence-electron chi connectivity index (χ2n) is 2.23. The molecule has 0 aromatic carbocycles. The number of nitrogens with one attached hydrogen (secondary N) is 1. The van der Waals surface area contributed by atoms with Crippen molar-refractivity contribution in [3.8, 4) is 0 Å². The summed E-state index contributed by atoms with van der Waals surface area (Å²) in [5, 5.41) is 17.4. The van der Waals surface area contributed by atoms with Crippen LogP contribution in [0.4, 0.5) is 0 Å². The molecule has 1 aromatic heterocycles. The second-order valence-corrected chi connectivity index (χ2v) is 2.23. The lowest BCUT2D eigenvalue weighted by Gasteiger charge is -1.96. The third-order valence-corrected chi connectivity index (χ3v) is 1.42. The van der Waals surface area contributed by atoms with E-state index < -0.39 is 7.12 Å². The fourth-order valence-electron chi connectivity index (χ4n) is 0.903. The fraction of sp³-hybridized carbons (Fsp3) is 0.167. The standard InChI is InChI=1S/C6H8BNO3/c1-4(9)5-2-3-8-6(5)7(10)11/h2-3,8,10-11H,1H3. The number of hydrogen-bond donors (Lipinski definition) is 3. The Labute approximate surface area is 64.0 Å². The van der Waals surface area contributed by atoms with Gasteiger partial charge in [-0.1, -0.05) is 0 Å². The third-order valence-electron chi connectivity index (χ3n) is 1.42. The van der Waals surface area contributed by atoms with Gasteiger partial charge in [0.2, 0.25) is 0 Å². The van der Waals surface area contributed by atoms with Crippen molar-refractivity contribution in [1.82, 2.24) is 4.98 Å². The first kappa shape index (κ1) is 8.04. The molecule has 0 amide bonds. The number of Topliss-reactive ketones (excluding diaryl/α,β-unsaturated/α-hetero) is 1. The van der Waals surface area contributed by atoms with Gasteiger partial charge in [0.1, 0.15) is 0 Å². The van der Waals surface area contributed by atoms with E-state index >= 15 is 0 Å². The lowest BCUT2D eigenvalue weighted by molar-refractivity contribution is 0.101. The van der Waals surface area contributed by atoms with Crippen molar-refractivity contribution in [3.05, 3.63) is 17.8 Å². The zero-order valence-electron chi connectivity index (χ0n) is 6.03. The molecule has 0 bridgehead atoms. The maximum absolute atomic E-state index is 10.8. The smallest absolute Gasteiger partial charge is 0.422 e. The van der Waals surface area contributed by atoms with Gasteiger partial charge in [-0.15, -0.1) is 0 Å². The van der Waals surface area contributed by atoms with Gasteiger partial charge >= 0.3 is 7.12 Å². The maximum Gasteiger partial charge on any atom is 0.506 e. The SMILES string of the molecule is CC(=O)c1cc[nH]c1B(O)O. The van der Waals surface area contributed by atoms with Crippen LogP contribution in [-0.4, -0.2) is 27.9 Å². The monoisotopic (exact) mass is 153 g/mol. The normalized spacial score (nSPS) is 9.73. The highest BCUT2D eigenvalue weighted by Crippen LogP contribution is 1.95. The highest BCUT2D eigenvalue weighted by Gasteiger charge is 2.18. The number of hydrogen-bond acceptors (Lipinski definition) is 3. The molecule has 0 saturated carbocycles. The van der Waals surface area contributed by atoms with Crippen LogP contribution < -0.4 is 5.59 Å². The summed E-state index contributed by atoms with van der Waals surface area (Å²) < 4.78 is 0. The molecule has 0 aliphatic carbocycles. The summed E-state index contributed by atoms with van der Waals surface area (Å²) in [7, 11) is -1.61. The zero-order chi connectivity index (χ0) is 8.43. The van der Waals surface area contributed by atoms with Crippen LogP contribution in [-0.2, 0) is 0 Å². The lowest BCUT2D eigenvalue weighted by Crippen LogP contribution is -2.34. The van der Waals surface area contributed by atoms with E-state index in [1.54, 1.807) is 0 Å². The quantitative estimate of drug-likeness (QED) is 0.372. The fourth-order valence-corrected chi connectivity index (χ4v) is 0.903. The highest BCUT2D eigenvalue weighted by molar-refractivity contribution is 6.59. The molecule has 0 fully saturated rings. The Balaban J connectivity index is 3.06. The predicted molar refractivity (Wildman–Crippen MR) is 40.6 cm³/mol. The van der Waals surface area contributed by atoms with E-state index in [9.17, 15) is 4.79 Å². The molecule has 3 N–H and O–H groups in total. The third kappa shape index (κ3) is 1.50. The Morgan fingerprint density at radius 1 is 1.64 bits per heavy atom. The van der Waals surface area contributed by atoms with Crippen LogP contribution in [0.1, 0.15) is 17.3 Å². The number of carbonyl (C=O) groups excluding carboxylic acids is 1. The summed E-state index contributed by atoms with van der Waals surface area (Å²) in [6.45, 7) is 1.37. The minimum Gasteiger partial charge on any atom is -0.422 e. The van der Waals surface area contributed by atoms with Crippen molar-refractivity contribution in [3.63, 3.8) is 0 Å². The lowest BCUT2D eigenvalue weighted by atomic mass is 9.82. The molecule has 11 heavy (non-hydrogen) atoms. The Bertz CT molecular complexity index is 269. The summed E-state index contributed by atoms with van der Waals surface area (Å²) in [5.41, 5.74) is 0.470. The first-order chi connectivity index (χ1) is 5.13. The average Bonchev–Trinajstić information content (AvgIpc) is 2.32. The zero-order valence-corrected chi connectivity index (χ0v) is 6.03. The van der Waals surface area contributed by atoms with E-state index in [1.807, 2.05) is 0 Å². The van der Waals surface area contributed by atoms with Crippen LogP contribution in [0.25, 0.3) is 0 Å². The highest BCUT2D eigenvalue weighted by atomic mass is 16.4. The average molecular weight is 153 g/mol. The van der Waals surface area contributed by atoms with E-state index in [0.29, 0.717) is 5.56 Å². The van der Waals surface area contributed by atoms with E-state index in [1.165, 1.54) is 19.2 Å². The van der Waals surface area contributed by atoms with Gasteiger partial charge < -0.3 is 15.0 Å². The van der Waals surface area contributed by atoms with Gasteiger partial charge in [0.05, 0.1) is 5.59 Å². The second kappa shape index (κ2) is 2.90. The Hall–Kier alpha value is -1.07. The van der Waals surface area contributed by atoms with Gasteiger partial charge in [0, 0.05) is 11.8 Å². The van der Waals surface area contributed by atoms with Gasteiger partial charge in [0.25, 0.3) is 0 Å². The molecular weight excluding hydrogens is 145 g/mol. The van der Waals surface area contributed by atoms with E-state index in [0.717, 1.165) is 0 Å². The van der Waals surface area contributed by atoms with E-state index in [2.05, 4.69) is 4.98 Å². The van der Waals surface area contributed by atoms with Crippen LogP contribution in [0.15, 0.2) is 12.3 Å². The summed E-state index contributed by atoms with van der Waals surface area (Å²) >= 11 is 0. The molecule has 5 heteroatoms. The van der Waals surface area contributed by atoms with Crippen molar-refractivity contribution >= 4 is 18.5 Å². The Kier molecular flexibility index (Phi) is 2.12. The van der Waals surface area contributed by atoms with Crippen LogP contribution >= 0.6 is 0 Å². The number of aromatic amines is 1. The summed E-state index contributed by atoms with van der Waals surface area (Å²) in [5.74, 6) is -0.186. The molecule has 0 saturated heterocycles. The van der Waals surface area contributed by atoms with Gasteiger partial charge in [-0.25, -0.2) is 0 Å². The largest absolute Gasteiger partial charge is 0.506 e. The van der Waals surface area contributed by atoms with Crippen molar-refractivity contribution < 1.29 is 14.8 Å².